The maximum absolute atomic E-state index is 3.56. The summed E-state index contributed by atoms with van der Waals surface area (Å²) in [6, 6.07) is 15.2. The van der Waals surface area contributed by atoms with E-state index in [0.29, 0.717) is 6.04 Å². The highest BCUT2D eigenvalue weighted by Gasteiger charge is 2.07. The van der Waals surface area contributed by atoms with Gasteiger partial charge >= 0.3 is 0 Å². The van der Waals surface area contributed by atoms with Crippen molar-refractivity contribution < 1.29 is 0 Å². The van der Waals surface area contributed by atoms with E-state index in [-0.39, 0.29) is 0 Å². The van der Waals surface area contributed by atoms with Crippen LogP contribution in [0.4, 0.5) is 5.69 Å². The molecule has 18 heavy (non-hydrogen) atoms. The van der Waals surface area contributed by atoms with Crippen LogP contribution in [0.2, 0.25) is 0 Å². The fourth-order valence-corrected chi connectivity index (χ4v) is 2.49. The van der Waals surface area contributed by atoms with Gasteiger partial charge in [0.25, 0.3) is 0 Å². The minimum absolute atomic E-state index is 0.295. The molecule has 0 radical (unpaired) electrons. The van der Waals surface area contributed by atoms with Crippen LogP contribution in [0.15, 0.2) is 46.9 Å². The molecule has 2 heteroatoms. The van der Waals surface area contributed by atoms with E-state index in [0.717, 1.165) is 4.47 Å². The van der Waals surface area contributed by atoms with Gasteiger partial charge in [-0.3, -0.25) is 0 Å². The second-order valence-corrected chi connectivity index (χ2v) is 5.66. The van der Waals surface area contributed by atoms with Crippen LogP contribution in [0.25, 0.3) is 0 Å². The molecule has 1 unspecified atom stereocenters. The molecule has 2 rings (SSSR count). The van der Waals surface area contributed by atoms with Crippen LogP contribution in [0.3, 0.4) is 0 Å². The van der Waals surface area contributed by atoms with Crippen LogP contribution in [-0.4, -0.2) is 0 Å². The number of hydrogen-bond acceptors (Lipinski definition) is 1. The molecule has 0 heterocycles. The zero-order valence-corrected chi connectivity index (χ0v) is 12.6. The molecule has 1 atom stereocenters. The zero-order valence-electron chi connectivity index (χ0n) is 11.0. The number of rotatable bonds is 3. The second kappa shape index (κ2) is 5.57. The maximum atomic E-state index is 3.56. The third kappa shape index (κ3) is 3.14. The van der Waals surface area contributed by atoms with Crippen LogP contribution >= 0.6 is 15.9 Å². The third-order valence-corrected chi connectivity index (χ3v) is 3.60. The van der Waals surface area contributed by atoms with Crippen molar-refractivity contribution in [2.75, 3.05) is 5.32 Å². The number of halogens is 1. The van der Waals surface area contributed by atoms with Crippen molar-refractivity contribution in [3.05, 3.63) is 63.6 Å². The number of aryl methyl sites for hydroxylation is 2. The molecule has 0 saturated heterocycles. The molecule has 0 bridgehead atoms. The van der Waals surface area contributed by atoms with Gasteiger partial charge in [0.2, 0.25) is 0 Å². The van der Waals surface area contributed by atoms with E-state index in [4.69, 9.17) is 0 Å². The minimum atomic E-state index is 0.295. The summed E-state index contributed by atoms with van der Waals surface area (Å²) in [5.74, 6) is 0. The first-order valence-corrected chi connectivity index (χ1v) is 6.95. The van der Waals surface area contributed by atoms with E-state index in [1.54, 1.807) is 0 Å². The largest absolute Gasteiger partial charge is 0.378 e. The predicted octanol–water partition coefficient (Wildman–Crippen LogP) is 5.24. The maximum Gasteiger partial charge on any atom is 0.0486 e. The van der Waals surface area contributed by atoms with Crippen molar-refractivity contribution >= 4 is 21.6 Å². The standard InChI is InChI=1S/C16H18BrN/c1-11-7-8-16(12(2)9-11)18-13(3)14-5-4-6-15(17)10-14/h4-10,13,18H,1-3H3. The summed E-state index contributed by atoms with van der Waals surface area (Å²) in [6.45, 7) is 6.44. The molecular weight excluding hydrogens is 286 g/mol. The summed E-state index contributed by atoms with van der Waals surface area (Å²) in [7, 11) is 0. The first-order valence-electron chi connectivity index (χ1n) is 6.15. The first kappa shape index (κ1) is 13.2. The lowest BCUT2D eigenvalue weighted by molar-refractivity contribution is 0.881. The van der Waals surface area contributed by atoms with Gasteiger partial charge in [0, 0.05) is 16.2 Å². The van der Waals surface area contributed by atoms with E-state index in [1.165, 1.54) is 22.4 Å². The molecule has 1 N–H and O–H groups in total. The molecule has 1 nitrogen and oxygen atoms in total. The quantitative estimate of drug-likeness (QED) is 0.817. The van der Waals surface area contributed by atoms with Crippen molar-refractivity contribution in [3.8, 4) is 0 Å². The van der Waals surface area contributed by atoms with Gasteiger partial charge in [0.1, 0.15) is 0 Å². The van der Waals surface area contributed by atoms with E-state index >= 15 is 0 Å². The molecular formula is C16H18BrN. The van der Waals surface area contributed by atoms with Gasteiger partial charge < -0.3 is 5.32 Å². The fourth-order valence-electron chi connectivity index (χ4n) is 2.07. The summed E-state index contributed by atoms with van der Waals surface area (Å²) in [5, 5.41) is 3.56. The molecule has 0 fully saturated rings. The lowest BCUT2D eigenvalue weighted by Gasteiger charge is -2.18. The van der Waals surface area contributed by atoms with Crippen molar-refractivity contribution in [3.63, 3.8) is 0 Å². The Balaban J connectivity index is 2.18. The highest BCUT2D eigenvalue weighted by molar-refractivity contribution is 9.10. The molecule has 2 aromatic rings. The predicted molar refractivity (Wildman–Crippen MR) is 82.1 cm³/mol. The van der Waals surface area contributed by atoms with Crippen molar-refractivity contribution in [2.45, 2.75) is 26.8 Å². The molecule has 94 valence electrons. The molecule has 0 aliphatic rings. The smallest absolute Gasteiger partial charge is 0.0486 e. The zero-order chi connectivity index (χ0) is 13.1. The summed E-state index contributed by atoms with van der Waals surface area (Å²) in [4.78, 5) is 0. The Hall–Kier alpha value is -1.28. The molecule has 0 aliphatic carbocycles. The molecule has 0 saturated carbocycles. The number of nitrogens with one attached hydrogen (secondary N) is 1. The molecule has 0 amide bonds. The van der Waals surface area contributed by atoms with Crippen LogP contribution in [0.1, 0.15) is 29.7 Å². The topological polar surface area (TPSA) is 12.0 Å². The summed E-state index contributed by atoms with van der Waals surface area (Å²) >= 11 is 3.51. The monoisotopic (exact) mass is 303 g/mol. The normalized spacial score (nSPS) is 12.2. The Morgan fingerprint density at radius 1 is 1.06 bits per heavy atom. The molecule has 0 spiro atoms. The van der Waals surface area contributed by atoms with Crippen LogP contribution in [0.5, 0.6) is 0 Å². The summed E-state index contributed by atoms with van der Waals surface area (Å²) in [6.07, 6.45) is 0. The molecule has 0 aliphatic heterocycles. The molecule has 2 aromatic carbocycles. The van der Waals surface area contributed by atoms with Gasteiger partial charge in [-0.15, -0.1) is 0 Å². The Bertz CT molecular complexity index is 549. The van der Waals surface area contributed by atoms with Crippen molar-refractivity contribution in [2.24, 2.45) is 0 Å². The van der Waals surface area contributed by atoms with Gasteiger partial charge in [0.15, 0.2) is 0 Å². The number of hydrogen-bond donors (Lipinski definition) is 1. The Morgan fingerprint density at radius 2 is 1.83 bits per heavy atom. The number of anilines is 1. The average Bonchev–Trinajstić information content (AvgIpc) is 2.32. The Labute approximate surface area is 117 Å². The van der Waals surface area contributed by atoms with Gasteiger partial charge in [0.05, 0.1) is 0 Å². The van der Waals surface area contributed by atoms with Gasteiger partial charge in [-0.1, -0.05) is 45.8 Å². The number of benzene rings is 2. The Morgan fingerprint density at radius 3 is 2.50 bits per heavy atom. The summed E-state index contributed by atoms with van der Waals surface area (Å²) < 4.78 is 1.12. The third-order valence-electron chi connectivity index (χ3n) is 3.10. The van der Waals surface area contributed by atoms with Gasteiger partial charge in [-0.2, -0.15) is 0 Å². The SMILES string of the molecule is Cc1ccc(NC(C)c2cccc(Br)c2)c(C)c1. The van der Waals surface area contributed by atoms with E-state index < -0.39 is 0 Å². The Kier molecular flexibility index (Phi) is 4.07. The molecule has 0 aromatic heterocycles. The van der Waals surface area contributed by atoms with E-state index in [1.807, 2.05) is 6.07 Å². The first-order chi connectivity index (χ1) is 8.56. The second-order valence-electron chi connectivity index (χ2n) is 4.74. The van der Waals surface area contributed by atoms with Crippen LogP contribution in [-0.2, 0) is 0 Å². The van der Waals surface area contributed by atoms with Crippen LogP contribution in [0, 0.1) is 13.8 Å². The fraction of sp³-hybridized carbons (Fsp3) is 0.250. The highest BCUT2D eigenvalue weighted by Crippen LogP contribution is 2.24. The van der Waals surface area contributed by atoms with E-state index in [2.05, 4.69) is 78.4 Å². The highest BCUT2D eigenvalue weighted by atomic mass is 79.9. The summed E-state index contributed by atoms with van der Waals surface area (Å²) in [5.41, 5.74) is 5.07. The van der Waals surface area contributed by atoms with Gasteiger partial charge in [-0.05, 0) is 50.1 Å². The lowest BCUT2D eigenvalue weighted by Crippen LogP contribution is -2.07. The van der Waals surface area contributed by atoms with Crippen molar-refractivity contribution in [1.82, 2.24) is 0 Å². The van der Waals surface area contributed by atoms with E-state index in [9.17, 15) is 0 Å². The minimum Gasteiger partial charge on any atom is -0.378 e. The van der Waals surface area contributed by atoms with Crippen molar-refractivity contribution in [1.29, 1.82) is 0 Å². The lowest BCUT2D eigenvalue weighted by atomic mass is 10.1. The average molecular weight is 304 g/mol. The van der Waals surface area contributed by atoms with Crippen LogP contribution < -0.4 is 5.32 Å². The van der Waals surface area contributed by atoms with Gasteiger partial charge in [-0.25, -0.2) is 0 Å².